The number of rotatable bonds is 9. The van der Waals surface area contributed by atoms with E-state index in [1.165, 1.54) is 28.4 Å². The van der Waals surface area contributed by atoms with Crippen molar-refractivity contribution in [2.45, 2.75) is 45.3 Å². The minimum atomic E-state index is -1.04. The fourth-order valence-corrected chi connectivity index (χ4v) is 4.69. The number of thiophene rings is 1. The second kappa shape index (κ2) is 10.2. The van der Waals surface area contributed by atoms with Crippen molar-refractivity contribution in [1.29, 1.82) is 0 Å². The molecule has 2 heterocycles. The molecule has 0 bridgehead atoms. The Kier molecular flexibility index (Phi) is 7.57. The van der Waals surface area contributed by atoms with Crippen molar-refractivity contribution in [2.75, 3.05) is 5.73 Å². The Morgan fingerprint density at radius 2 is 1.88 bits per heavy atom. The number of anilines is 1. The van der Waals surface area contributed by atoms with Crippen LogP contribution in [0.15, 0.2) is 41.8 Å². The number of nitrogens with two attached hydrogens (primary N) is 2. The molecule has 3 aromatic rings. The molecule has 0 radical (unpaired) electrons. The Balaban J connectivity index is 2.13. The van der Waals surface area contributed by atoms with E-state index in [9.17, 15) is 19.5 Å². The Hall–Kier alpha value is -3.44. The lowest BCUT2D eigenvalue weighted by Crippen LogP contribution is -2.50. The second-order valence-corrected chi connectivity index (χ2v) is 10.2. The summed E-state index contributed by atoms with van der Waals surface area (Å²) >= 11 is 2.20. The molecule has 0 aliphatic rings. The van der Waals surface area contributed by atoms with Gasteiger partial charge in [-0.2, -0.15) is 4.37 Å². The minimum absolute atomic E-state index is 0.0247. The summed E-state index contributed by atoms with van der Waals surface area (Å²) in [5, 5.41) is 14.7. The quantitative estimate of drug-likeness (QED) is 0.353. The lowest BCUT2D eigenvalue weighted by molar-refractivity contribution is -0.127. The third-order valence-corrected chi connectivity index (χ3v) is 7.15. The molecule has 1 atom stereocenters. The Morgan fingerprint density at radius 3 is 2.41 bits per heavy atom. The highest BCUT2D eigenvalue weighted by Gasteiger charge is 2.36. The van der Waals surface area contributed by atoms with Crippen LogP contribution in [0.5, 0.6) is 5.75 Å². The maximum Gasteiger partial charge on any atom is 0.270 e. The molecule has 11 heteroatoms. The summed E-state index contributed by atoms with van der Waals surface area (Å²) < 4.78 is 3.94. The van der Waals surface area contributed by atoms with E-state index in [0.717, 1.165) is 16.4 Å². The molecule has 9 nitrogen and oxygen atoms in total. The molecular weight excluding hydrogens is 474 g/mol. The standard InChI is InChI=1S/C23H27N5O4S2/c1-4-23(2,3)26-21(31)18(13-7-9-14(29)10-8-13)28(12-15-6-5-11-33-15)22(32)19-16(24)17(20(25)30)27-34-19/h5-11,18,29H,4,12,24H2,1-3H3,(H2,25,30)(H,26,31)/t18-/m1/s1. The van der Waals surface area contributed by atoms with Gasteiger partial charge in [0.05, 0.1) is 12.2 Å². The predicted molar refractivity (Wildman–Crippen MR) is 133 cm³/mol. The zero-order valence-corrected chi connectivity index (χ0v) is 20.7. The molecular formula is C23H27N5O4S2. The van der Waals surface area contributed by atoms with Crippen molar-refractivity contribution in [2.24, 2.45) is 5.73 Å². The molecule has 2 aromatic heterocycles. The lowest BCUT2D eigenvalue weighted by Gasteiger charge is -2.34. The molecule has 3 amide bonds. The van der Waals surface area contributed by atoms with E-state index in [4.69, 9.17) is 11.5 Å². The van der Waals surface area contributed by atoms with Gasteiger partial charge in [-0.1, -0.05) is 25.1 Å². The number of hydrogen-bond acceptors (Lipinski definition) is 8. The van der Waals surface area contributed by atoms with Crippen molar-refractivity contribution in [3.63, 3.8) is 0 Å². The third kappa shape index (κ3) is 5.54. The van der Waals surface area contributed by atoms with E-state index in [0.29, 0.717) is 12.0 Å². The number of nitrogen functional groups attached to an aromatic ring is 1. The van der Waals surface area contributed by atoms with Crippen LogP contribution in [-0.4, -0.2) is 37.6 Å². The Labute approximate surface area is 205 Å². The normalized spacial score (nSPS) is 12.2. The zero-order valence-electron chi connectivity index (χ0n) is 19.1. The number of amides is 3. The van der Waals surface area contributed by atoms with Gasteiger partial charge in [-0.05, 0) is 60.9 Å². The summed E-state index contributed by atoms with van der Waals surface area (Å²) in [6.07, 6.45) is 0.670. The van der Waals surface area contributed by atoms with Gasteiger partial charge >= 0.3 is 0 Å². The van der Waals surface area contributed by atoms with Crippen molar-refractivity contribution >= 4 is 46.3 Å². The first kappa shape index (κ1) is 25.2. The van der Waals surface area contributed by atoms with Crippen molar-refractivity contribution < 1.29 is 19.5 Å². The highest BCUT2D eigenvalue weighted by atomic mass is 32.1. The zero-order chi connectivity index (χ0) is 25.0. The molecule has 34 heavy (non-hydrogen) atoms. The van der Waals surface area contributed by atoms with Crippen LogP contribution in [0.3, 0.4) is 0 Å². The van der Waals surface area contributed by atoms with Crippen LogP contribution in [0.2, 0.25) is 0 Å². The molecule has 0 saturated carbocycles. The molecule has 0 fully saturated rings. The third-order valence-electron chi connectivity index (χ3n) is 5.44. The number of primary amides is 1. The van der Waals surface area contributed by atoms with Gasteiger partial charge in [0.25, 0.3) is 11.8 Å². The number of carbonyl (C=O) groups excluding carboxylic acids is 3. The van der Waals surface area contributed by atoms with Crippen LogP contribution >= 0.6 is 22.9 Å². The molecule has 0 aliphatic heterocycles. The lowest BCUT2D eigenvalue weighted by atomic mass is 9.98. The maximum atomic E-state index is 13.8. The monoisotopic (exact) mass is 501 g/mol. The van der Waals surface area contributed by atoms with Gasteiger partial charge in [0.15, 0.2) is 5.69 Å². The van der Waals surface area contributed by atoms with Gasteiger partial charge in [0.1, 0.15) is 16.7 Å². The van der Waals surface area contributed by atoms with Crippen LogP contribution < -0.4 is 16.8 Å². The highest BCUT2D eigenvalue weighted by molar-refractivity contribution is 7.10. The number of nitrogens with one attached hydrogen (secondary N) is 1. The van der Waals surface area contributed by atoms with E-state index in [1.807, 2.05) is 38.3 Å². The predicted octanol–water partition coefficient (Wildman–Crippen LogP) is 3.28. The number of nitrogens with zero attached hydrogens (tertiary/aromatic N) is 2. The van der Waals surface area contributed by atoms with Crippen molar-refractivity contribution in [3.8, 4) is 5.75 Å². The van der Waals surface area contributed by atoms with Crippen molar-refractivity contribution in [3.05, 3.63) is 62.8 Å². The maximum absolute atomic E-state index is 13.8. The molecule has 0 spiro atoms. The highest BCUT2D eigenvalue weighted by Crippen LogP contribution is 2.32. The summed E-state index contributed by atoms with van der Waals surface area (Å²) in [6.45, 7) is 5.86. The average Bonchev–Trinajstić information content (AvgIpc) is 3.43. The van der Waals surface area contributed by atoms with E-state index in [1.54, 1.807) is 12.1 Å². The molecule has 0 saturated heterocycles. The Bertz CT molecular complexity index is 1170. The number of phenols is 1. The number of hydrogen-bond donors (Lipinski definition) is 4. The first-order valence-electron chi connectivity index (χ1n) is 10.5. The smallest absolute Gasteiger partial charge is 0.270 e. The first-order chi connectivity index (χ1) is 16.0. The molecule has 3 rings (SSSR count). The van der Waals surface area contributed by atoms with Crippen LogP contribution in [0, 0.1) is 0 Å². The summed E-state index contributed by atoms with van der Waals surface area (Å²) in [7, 11) is 0. The molecule has 6 N–H and O–H groups in total. The van der Waals surface area contributed by atoms with Gasteiger partial charge in [0.2, 0.25) is 5.91 Å². The largest absolute Gasteiger partial charge is 0.508 e. The van der Waals surface area contributed by atoms with Gasteiger partial charge in [-0.15, -0.1) is 11.3 Å². The van der Waals surface area contributed by atoms with Gasteiger partial charge < -0.3 is 26.8 Å². The Morgan fingerprint density at radius 1 is 1.21 bits per heavy atom. The van der Waals surface area contributed by atoms with Gasteiger partial charge in [0, 0.05) is 10.4 Å². The van der Waals surface area contributed by atoms with E-state index in [2.05, 4.69) is 9.69 Å². The van der Waals surface area contributed by atoms with Gasteiger partial charge in [-0.25, -0.2) is 0 Å². The van der Waals surface area contributed by atoms with Crippen LogP contribution in [0.4, 0.5) is 5.69 Å². The summed E-state index contributed by atoms with van der Waals surface area (Å²) in [6, 6.07) is 8.78. The summed E-state index contributed by atoms with van der Waals surface area (Å²) in [4.78, 5) is 41.3. The van der Waals surface area contributed by atoms with Crippen molar-refractivity contribution in [1.82, 2.24) is 14.6 Å². The summed E-state index contributed by atoms with van der Waals surface area (Å²) in [5.74, 6) is -1.75. The minimum Gasteiger partial charge on any atom is -0.508 e. The fourth-order valence-electron chi connectivity index (χ4n) is 3.23. The number of carbonyl (C=O) groups is 3. The fraction of sp³-hybridized carbons (Fsp3) is 0.304. The molecule has 0 aliphatic carbocycles. The average molecular weight is 502 g/mol. The summed E-state index contributed by atoms with van der Waals surface area (Å²) in [5.41, 5.74) is 11.1. The second-order valence-electron chi connectivity index (χ2n) is 8.37. The van der Waals surface area contributed by atoms with E-state index < -0.39 is 23.4 Å². The van der Waals surface area contributed by atoms with Crippen LogP contribution in [0.25, 0.3) is 0 Å². The number of aromatic nitrogens is 1. The SMILES string of the molecule is CCC(C)(C)NC(=O)[C@@H](c1ccc(O)cc1)N(Cc1cccs1)C(=O)c1snc(C(N)=O)c1N. The van der Waals surface area contributed by atoms with Crippen LogP contribution in [-0.2, 0) is 11.3 Å². The van der Waals surface area contributed by atoms with Gasteiger partial charge in [-0.3, -0.25) is 14.4 Å². The topological polar surface area (TPSA) is 152 Å². The molecule has 1 aromatic carbocycles. The van der Waals surface area contributed by atoms with Crippen LogP contribution in [0.1, 0.15) is 63.8 Å². The first-order valence-corrected chi connectivity index (χ1v) is 12.2. The van der Waals surface area contributed by atoms with E-state index in [-0.39, 0.29) is 34.5 Å². The molecule has 0 unspecified atom stereocenters. The number of phenolic OH excluding ortho intramolecular Hbond substituents is 1. The molecule has 180 valence electrons. The number of aromatic hydroxyl groups is 1. The van der Waals surface area contributed by atoms with E-state index >= 15 is 0 Å². The number of benzene rings is 1.